The molecule has 1 fully saturated rings. The van der Waals surface area contributed by atoms with Crippen molar-refractivity contribution >= 4 is 0 Å². The average molecular weight is 290 g/mol. The molecular weight excluding hydrogens is 260 g/mol. The lowest BCUT2D eigenvalue weighted by atomic mass is 9.91. The van der Waals surface area contributed by atoms with Crippen LogP contribution in [-0.2, 0) is 0 Å². The Morgan fingerprint density at radius 1 is 1.14 bits per heavy atom. The molecule has 0 aromatic heterocycles. The molecule has 3 nitrogen and oxygen atoms in total. The van der Waals surface area contributed by atoms with Gasteiger partial charge in [0.2, 0.25) is 0 Å². The number of hydrogen-bond acceptors (Lipinski definition) is 3. The molecule has 2 rings (SSSR count). The maximum absolute atomic E-state index is 10.9. The van der Waals surface area contributed by atoms with Crippen molar-refractivity contribution in [1.82, 2.24) is 9.80 Å². The number of aliphatic hydroxyl groups excluding tert-OH is 1. The Hall–Kier alpha value is -0.900. The maximum Gasteiger partial charge on any atom is 0.0947 e. The summed E-state index contributed by atoms with van der Waals surface area (Å²) in [5.41, 5.74) is 1.03. The molecule has 1 saturated heterocycles. The van der Waals surface area contributed by atoms with Crippen LogP contribution >= 0.6 is 0 Å². The first kappa shape index (κ1) is 16.5. The van der Waals surface area contributed by atoms with Gasteiger partial charge in [0.25, 0.3) is 0 Å². The van der Waals surface area contributed by atoms with E-state index in [-0.39, 0.29) is 6.04 Å². The number of hydrogen-bond donors (Lipinski definition) is 1. The van der Waals surface area contributed by atoms with Gasteiger partial charge in [-0.25, -0.2) is 0 Å². The minimum Gasteiger partial charge on any atom is -0.387 e. The van der Waals surface area contributed by atoms with Crippen LogP contribution in [0.2, 0.25) is 0 Å². The van der Waals surface area contributed by atoms with Crippen molar-refractivity contribution in [1.29, 1.82) is 0 Å². The van der Waals surface area contributed by atoms with Crippen molar-refractivity contribution < 1.29 is 5.11 Å². The fourth-order valence-corrected chi connectivity index (χ4v) is 3.61. The van der Waals surface area contributed by atoms with Crippen molar-refractivity contribution in [3.8, 4) is 0 Å². The molecule has 1 aliphatic rings. The van der Waals surface area contributed by atoms with E-state index < -0.39 is 6.10 Å². The number of aliphatic hydroxyl groups is 1. The standard InChI is InChI=1S/C18H30N2O/c1-14(2)17(18(21)16-9-6-5-7-10-16)20-12-8-11-19(4)13-15(20)3/h5-7,9-10,14-15,17-18,21H,8,11-13H2,1-4H3. The van der Waals surface area contributed by atoms with E-state index in [9.17, 15) is 5.11 Å². The highest BCUT2D eigenvalue weighted by Gasteiger charge is 2.33. The highest BCUT2D eigenvalue weighted by Crippen LogP contribution is 2.29. The highest BCUT2D eigenvalue weighted by molar-refractivity contribution is 5.19. The Balaban J connectivity index is 2.21. The van der Waals surface area contributed by atoms with Gasteiger partial charge >= 0.3 is 0 Å². The number of rotatable bonds is 4. The summed E-state index contributed by atoms with van der Waals surface area (Å²) in [6, 6.07) is 10.7. The van der Waals surface area contributed by atoms with E-state index in [0.717, 1.165) is 25.2 Å². The van der Waals surface area contributed by atoms with Crippen molar-refractivity contribution in [2.75, 3.05) is 26.7 Å². The van der Waals surface area contributed by atoms with Crippen LogP contribution in [0.4, 0.5) is 0 Å². The zero-order valence-corrected chi connectivity index (χ0v) is 13.9. The predicted molar refractivity (Wildman–Crippen MR) is 88.3 cm³/mol. The number of nitrogens with zero attached hydrogens (tertiary/aromatic N) is 2. The zero-order chi connectivity index (χ0) is 15.4. The summed E-state index contributed by atoms with van der Waals surface area (Å²) in [5.74, 6) is 0.422. The van der Waals surface area contributed by atoms with Gasteiger partial charge in [-0.05, 0) is 38.4 Å². The third-order valence-corrected chi connectivity index (χ3v) is 4.63. The lowest BCUT2D eigenvalue weighted by molar-refractivity contribution is 0.00375. The van der Waals surface area contributed by atoms with Crippen LogP contribution < -0.4 is 0 Å². The van der Waals surface area contributed by atoms with Crippen molar-refractivity contribution in [3.63, 3.8) is 0 Å². The van der Waals surface area contributed by atoms with Crippen molar-refractivity contribution in [2.24, 2.45) is 5.92 Å². The first-order valence-electron chi connectivity index (χ1n) is 8.18. The van der Waals surface area contributed by atoms with Crippen LogP contribution in [0.15, 0.2) is 30.3 Å². The summed E-state index contributed by atoms with van der Waals surface area (Å²) >= 11 is 0. The first-order valence-corrected chi connectivity index (χ1v) is 8.18. The Morgan fingerprint density at radius 3 is 2.43 bits per heavy atom. The van der Waals surface area contributed by atoms with Gasteiger partial charge in [0, 0.05) is 25.2 Å². The second-order valence-electron chi connectivity index (χ2n) is 6.79. The van der Waals surface area contributed by atoms with Crippen LogP contribution in [0.1, 0.15) is 38.9 Å². The van der Waals surface area contributed by atoms with Crippen LogP contribution in [0.25, 0.3) is 0 Å². The van der Waals surface area contributed by atoms with E-state index in [4.69, 9.17) is 0 Å². The molecule has 3 unspecified atom stereocenters. The first-order chi connectivity index (χ1) is 10.0. The molecule has 0 spiro atoms. The lowest BCUT2D eigenvalue weighted by Crippen LogP contribution is -2.49. The summed E-state index contributed by atoms with van der Waals surface area (Å²) < 4.78 is 0. The number of benzene rings is 1. The summed E-state index contributed by atoms with van der Waals surface area (Å²) in [6.45, 7) is 10.0. The molecule has 21 heavy (non-hydrogen) atoms. The van der Waals surface area contributed by atoms with E-state index in [1.165, 1.54) is 6.42 Å². The molecule has 1 aliphatic heterocycles. The van der Waals surface area contributed by atoms with Gasteiger partial charge in [0.1, 0.15) is 0 Å². The summed E-state index contributed by atoms with van der Waals surface area (Å²) in [6.07, 6.45) is 0.753. The average Bonchev–Trinajstić information content (AvgIpc) is 2.61. The molecule has 1 aromatic carbocycles. The van der Waals surface area contributed by atoms with E-state index in [1.54, 1.807) is 0 Å². The Bertz CT molecular complexity index is 420. The molecule has 3 heteroatoms. The van der Waals surface area contributed by atoms with Gasteiger partial charge in [-0.2, -0.15) is 0 Å². The molecule has 3 atom stereocenters. The summed E-state index contributed by atoms with van der Waals surface area (Å²) in [5, 5.41) is 10.9. The van der Waals surface area contributed by atoms with Gasteiger partial charge in [-0.15, -0.1) is 0 Å². The molecule has 0 aliphatic carbocycles. The van der Waals surface area contributed by atoms with Crippen LogP contribution in [-0.4, -0.2) is 53.7 Å². The summed E-state index contributed by atoms with van der Waals surface area (Å²) in [4.78, 5) is 4.92. The smallest absolute Gasteiger partial charge is 0.0947 e. The van der Waals surface area contributed by atoms with Gasteiger partial charge in [0.15, 0.2) is 0 Å². The van der Waals surface area contributed by atoms with E-state index in [1.807, 2.05) is 30.3 Å². The minimum atomic E-state index is -0.419. The van der Waals surface area contributed by atoms with Crippen LogP contribution in [0.3, 0.4) is 0 Å². The van der Waals surface area contributed by atoms with Gasteiger partial charge in [-0.1, -0.05) is 44.2 Å². The van der Waals surface area contributed by atoms with Crippen LogP contribution in [0, 0.1) is 5.92 Å². The fraction of sp³-hybridized carbons (Fsp3) is 0.667. The zero-order valence-electron chi connectivity index (χ0n) is 13.9. The van der Waals surface area contributed by atoms with Gasteiger partial charge in [-0.3, -0.25) is 4.90 Å². The number of likely N-dealkylation sites (N-methyl/N-ethyl adjacent to an activating group) is 1. The molecule has 1 N–H and O–H groups in total. The van der Waals surface area contributed by atoms with Crippen molar-refractivity contribution in [2.45, 2.75) is 45.4 Å². The predicted octanol–water partition coefficient (Wildman–Crippen LogP) is 2.77. The van der Waals surface area contributed by atoms with E-state index in [2.05, 4.69) is 37.6 Å². The largest absolute Gasteiger partial charge is 0.387 e. The molecule has 0 saturated carbocycles. The summed E-state index contributed by atoms with van der Waals surface area (Å²) in [7, 11) is 2.19. The molecular formula is C18H30N2O. The van der Waals surface area contributed by atoms with E-state index in [0.29, 0.717) is 12.0 Å². The molecule has 1 heterocycles. The quantitative estimate of drug-likeness (QED) is 0.923. The highest BCUT2D eigenvalue weighted by atomic mass is 16.3. The SMILES string of the molecule is CC(C)C(C(O)c1ccccc1)N1CCCN(C)CC1C. The molecule has 1 aromatic rings. The van der Waals surface area contributed by atoms with Crippen molar-refractivity contribution in [3.05, 3.63) is 35.9 Å². The monoisotopic (exact) mass is 290 g/mol. The Labute approximate surface area is 129 Å². The second kappa shape index (κ2) is 7.39. The Morgan fingerprint density at radius 2 is 1.81 bits per heavy atom. The third-order valence-electron chi connectivity index (χ3n) is 4.63. The van der Waals surface area contributed by atoms with Gasteiger partial charge in [0.05, 0.1) is 6.10 Å². The van der Waals surface area contributed by atoms with Crippen LogP contribution in [0.5, 0.6) is 0 Å². The maximum atomic E-state index is 10.9. The molecule has 118 valence electrons. The second-order valence-corrected chi connectivity index (χ2v) is 6.79. The Kier molecular flexibility index (Phi) is 5.80. The normalized spacial score (nSPS) is 24.8. The van der Waals surface area contributed by atoms with E-state index >= 15 is 0 Å². The molecule has 0 bridgehead atoms. The fourth-order valence-electron chi connectivity index (χ4n) is 3.61. The minimum absolute atomic E-state index is 0.175. The molecule has 0 radical (unpaired) electrons. The molecule has 0 amide bonds. The topological polar surface area (TPSA) is 26.7 Å². The third kappa shape index (κ3) is 4.06. The lowest BCUT2D eigenvalue weighted by Gasteiger charge is -2.40. The van der Waals surface area contributed by atoms with Gasteiger partial charge < -0.3 is 10.0 Å².